The molecule has 0 saturated carbocycles. The third-order valence-corrected chi connectivity index (χ3v) is 5.46. The van der Waals surface area contributed by atoms with E-state index in [2.05, 4.69) is 34.3 Å². The first-order valence-corrected chi connectivity index (χ1v) is 8.97. The van der Waals surface area contributed by atoms with E-state index in [9.17, 15) is 0 Å². The number of hydrogen-bond acceptors (Lipinski definition) is 6. The van der Waals surface area contributed by atoms with Gasteiger partial charge in [0.05, 0.1) is 11.9 Å². The van der Waals surface area contributed by atoms with Gasteiger partial charge in [0.2, 0.25) is 0 Å². The molecular weight excluding hydrogens is 356 g/mol. The van der Waals surface area contributed by atoms with Gasteiger partial charge in [-0.15, -0.1) is 11.3 Å². The van der Waals surface area contributed by atoms with Crippen LogP contribution in [0.3, 0.4) is 0 Å². The molecule has 4 rings (SSSR count). The second-order valence-corrected chi connectivity index (χ2v) is 7.36. The van der Waals surface area contributed by atoms with Crippen molar-refractivity contribution in [1.82, 2.24) is 15.1 Å². The number of aryl methyl sites for hydroxylation is 2. The van der Waals surface area contributed by atoms with Crippen LogP contribution in [0.2, 0.25) is 5.02 Å². The third-order valence-electron chi connectivity index (χ3n) is 4.09. The summed E-state index contributed by atoms with van der Waals surface area (Å²) in [5.41, 5.74) is 2.96. The fourth-order valence-corrected chi connectivity index (χ4v) is 3.76. The highest BCUT2D eigenvalue weighted by molar-refractivity contribution is 7.18. The zero-order valence-corrected chi connectivity index (χ0v) is 15.3. The van der Waals surface area contributed by atoms with Crippen LogP contribution in [0.1, 0.15) is 16.2 Å². The summed E-state index contributed by atoms with van der Waals surface area (Å²) in [6.45, 7) is 4.69. The van der Waals surface area contributed by atoms with Gasteiger partial charge in [-0.05, 0) is 31.5 Å². The molecule has 0 bridgehead atoms. The van der Waals surface area contributed by atoms with E-state index >= 15 is 0 Å². The summed E-state index contributed by atoms with van der Waals surface area (Å²) in [5.74, 6) is 1.55. The number of nitrogens with one attached hydrogen (secondary N) is 1. The number of thiophene rings is 1. The molecule has 1 N–H and O–H groups in total. The summed E-state index contributed by atoms with van der Waals surface area (Å²) in [7, 11) is 0. The Hall–Kier alpha value is -2.44. The SMILES string of the molecule is Cc1sc2ncnc(NCc3cc(-c4ccc(Cl)cc4)no3)c2c1C. The first-order chi connectivity index (χ1) is 12.1. The van der Waals surface area contributed by atoms with Crippen LogP contribution in [-0.2, 0) is 6.54 Å². The van der Waals surface area contributed by atoms with Gasteiger partial charge in [-0.1, -0.05) is 28.9 Å². The largest absolute Gasteiger partial charge is 0.362 e. The monoisotopic (exact) mass is 370 g/mol. The second kappa shape index (κ2) is 6.46. The zero-order valence-electron chi connectivity index (χ0n) is 13.7. The van der Waals surface area contributed by atoms with Crippen LogP contribution in [0.4, 0.5) is 5.82 Å². The van der Waals surface area contributed by atoms with Crippen molar-refractivity contribution in [3.63, 3.8) is 0 Å². The van der Waals surface area contributed by atoms with Crippen LogP contribution < -0.4 is 5.32 Å². The van der Waals surface area contributed by atoms with E-state index in [-0.39, 0.29) is 0 Å². The van der Waals surface area contributed by atoms with Crippen LogP contribution >= 0.6 is 22.9 Å². The summed E-state index contributed by atoms with van der Waals surface area (Å²) in [4.78, 5) is 11.0. The molecule has 3 heterocycles. The Bertz CT molecular complexity index is 1040. The molecule has 4 aromatic rings. The van der Waals surface area contributed by atoms with Crippen molar-refractivity contribution in [3.05, 3.63) is 57.9 Å². The minimum atomic E-state index is 0.501. The summed E-state index contributed by atoms with van der Waals surface area (Å²) in [6.07, 6.45) is 1.58. The number of rotatable bonds is 4. The molecule has 0 spiro atoms. The van der Waals surface area contributed by atoms with Crippen LogP contribution in [0.25, 0.3) is 21.5 Å². The zero-order chi connectivity index (χ0) is 17.4. The molecule has 0 radical (unpaired) electrons. The molecule has 0 fully saturated rings. The Labute approximate surface area is 153 Å². The predicted molar refractivity (Wildman–Crippen MR) is 101 cm³/mol. The summed E-state index contributed by atoms with van der Waals surface area (Å²) in [6, 6.07) is 9.43. The van der Waals surface area contributed by atoms with Gasteiger partial charge in [0.1, 0.15) is 22.7 Å². The van der Waals surface area contributed by atoms with Crippen LogP contribution in [-0.4, -0.2) is 15.1 Å². The van der Waals surface area contributed by atoms with Gasteiger partial charge in [0.25, 0.3) is 0 Å². The first-order valence-electron chi connectivity index (χ1n) is 7.78. The lowest BCUT2D eigenvalue weighted by molar-refractivity contribution is 0.390. The van der Waals surface area contributed by atoms with E-state index in [0.717, 1.165) is 33.1 Å². The van der Waals surface area contributed by atoms with Crippen molar-refractivity contribution in [2.24, 2.45) is 0 Å². The van der Waals surface area contributed by atoms with Crippen molar-refractivity contribution < 1.29 is 4.52 Å². The number of halogens is 1. The standard InChI is InChI=1S/C18H15ClN4OS/c1-10-11(2)25-18-16(10)17(21-9-22-18)20-8-14-7-15(23-24-14)12-3-5-13(19)6-4-12/h3-7,9H,8H2,1-2H3,(H,20,21,22). The van der Waals surface area contributed by atoms with E-state index in [0.29, 0.717) is 11.6 Å². The summed E-state index contributed by atoms with van der Waals surface area (Å²) in [5, 5.41) is 9.23. The van der Waals surface area contributed by atoms with E-state index in [4.69, 9.17) is 16.1 Å². The topological polar surface area (TPSA) is 63.8 Å². The first kappa shape index (κ1) is 16.1. The van der Waals surface area contributed by atoms with Gasteiger partial charge in [-0.25, -0.2) is 9.97 Å². The highest BCUT2D eigenvalue weighted by Crippen LogP contribution is 2.32. The van der Waals surface area contributed by atoms with Gasteiger partial charge < -0.3 is 9.84 Å². The average Bonchev–Trinajstić information content (AvgIpc) is 3.19. The molecule has 0 aliphatic heterocycles. The Balaban J connectivity index is 1.55. The molecule has 7 heteroatoms. The van der Waals surface area contributed by atoms with Gasteiger partial charge in [0, 0.05) is 21.5 Å². The number of benzene rings is 1. The molecule has 0 amide bonds. The highest BCUT2D eigenvalue weighted by Gasteiger charge is 2.13. The normalized spacial score (nSPS) is 11.2. The van der Waals surface area contributed by atoms with Crippen LogP contribution in [0, 0.1) is 13.8 Å². The van der Waals surface area contributed by atoms with Crippen molar-refractivity contribution in [2.45, 2.75) is 20.4 Å². The second-order valence-electron chi connectivity index (χ2n) is 5.72. The molecule has 126 valence electrons. The fraction of sp³-hybridized carbons (Fsp3) is 0.167. The lowest BCUT2D eigenvalue weighted by Gasteiger charge is -2.04. The van der Waals surface area contributed by atoms with Gasteiger partial charge in [-0.2, -0.15) is 0 Å². The molecular formula is C18H15ClN4OS. The Morgan fingerprint density at radius 1 is 1.16 bits per heavy atom. The minimum absolute atomic E-state index is 0.501. The number of fused-ring (bicyclic) bond motifs is 1. The number of nitrogens with zero attached hydrogens (tertiary/aromatic N) is 3. The lowest BCUT2D eigenvalue weighted by atomic mass is 10.1. The van der Waals surface area contributed by atoms with Crippen LogP contribution in [0.5, 0.6) is 0 Å². The smallest absolute Gasteiger partial charge is 0.156 e. The maximum absolute atomic E-state index is 5.92. The van der Waals surface area contributed by atoms with E-state index in [1.165, 1.54) is 10.4 Å². The van der Waals surface area contributed by atoms with E-state index < -0.39 is 0 Å². The average molecular weight is 371 g/mol. The van der Waals surface area contributed by atoms with Gasteiger partial charge in [0.15, 0.2) is 5.76 Å². The number of anilines is 1. The maximum Gasteiger partial charge on any atom is 0.156 e. The molecule has 0 unspecified atom stereocenters. The summed E-state index contributed by atoms with van der Waals surface area (Å²) >= 11 is 7.60. The quantitative estimate of drug-likeness (QED) is 0.533. The predicted octanol–water partition coefficient (Wildman–Crippen LogP) is 5.23. The van der Waals surface area contributed by atoms with Gasteiger partial charge in [-0.3, -0.25) is 0 Å². The molecule has 0 aliphatic carbocycles. The molecule has 0 atom stereocenters. The highest BCUT2D eigenvalue weighted by atomic mass is 35.5. The third kappa shape index (κ3) is 3.10. The minimum Gasteiger partial charge on any atom is -0.362 e. The maximum atomic E-state index is 5.92. The van der Waals surface area contributed by atoms with Crippen molar-refractivity contribution in [1.29, 1.82) is 0 Å². The van der Waals surface area contributed by atoms with E-state index in [1.54, 1.807) is 17.7 Å². The Morgan fingerprint density at radius 2 is 1.96 bits per heavy atom. The molecule has 1 aromatic carbocycles. The number of aromatic nitrogens is 3. The van der Waals surface area contributed by atoms with Crippen molar-refractivity contribution in [3.8, 4) is 11.3 Å². The fourth-order valence-electron chi connectivity index (χ4n) is 2.64. The number of hydrogen-bond donors (Lipinski definition) is 1. The molecule has 5 nitrogen and oxygen atoms in total. The van der Waals surface area contributed by atoms with E-state index in [1.807, 2.05) is 30.3 Å². The Morgan fingerprint density at radius 3 is 2.76 bits per heavy atom. The lowest BCUT2D eigenvalue weighted by Crippen LogP contribution is -2.01. The molecule has 3 aromatic heterocycles. The molecule has 0 saturated heterocycles. The van der Waals surface area contributed by atoms with Crippen molar-refractivity contribution >= 4 is 39.0 Å². The van der Waals surface area contributed by atoms with Crippen molar-refractivity contribution in [2.75, 3.05) is 5.32 Å². The Kier molecular flexibility index (Phi) is 4.15. The molecule has 0 aliphatic rings. The van der Waals surface area contributed by atoms with Crippen LogP contribution in [0.15, 0.2) is 41.2 Å². The van der Waals surface area contributed by atoms with Gasteiger partial charge >= 0.3 is 0 Å². The summed E-state index contributed by atoms with van der Waals surface area (Å²) < 4.78 is 5.43. The molecule has 25 heavy (non-hydrogen) atoms.